The molecular weight excluding hydrogens is 262 g/mol. The standard InChI is InChI=1S/C17H21N3O/c1-3-18-17(16-11-19-12(2)10-20-16)13-4-6-14(7-5-13)21-15-8-9-15/h4-7,10-11,15,17-18H,3,8-9H2,1-2H3. The van der Waals surface area contributed by atoms with Gasteiger partial charge in [0, 0.05) is 6.20 Å². The molecule has 3 rings (SSSR count). The summed E-state index contributed by atoms with van der Waals surface area (Å²) < 4.78 is 5.79. The van der Waals surface area contributed by atoms with E-state index < -0.39 is 0 Å². The van der Waals surface area contributed by atoms with Crippen molar-refractivity contribution in [2.75, 3.05) is 6.54 Å². The summed E-state index contributed by atoms with van der Waals surface area (Å²) >= 11 is 0. The Labute approximate surface area is 125 Å². The molecule has 0 radical (unpaired) electrons. The smallest absolute Gasteiger partial charge is 0.119 e. The Kier molecular flexibility index (Phi) is 4.15. The van der Waals surface area contributed by atoms with E-state index in [1.807, 2.05) is 31.5 Å². The summed E-state index contributed by atoms with van der Waals surface area (Å²) in [4.78, 5) is 8.84. The first kappa shape index (κ1) is 14.0. The molecule has 1 aliphatic carbocycles. The second kappa shape index (κ2) is 6.22. The Morgan fingerprint density at radius 1 is 1.19 bits per heavy atom. The molecule has 21 heavy (non-hydrogen) atoms. The summed E-state index contributed by atoms with van der Waals surface area (Å²) in [5.74, 6) is 0.950. The number of nitrogens with one attached hydrogen (secondary N) is 1. The van der Waals surface area contributed by atoms with Gasteiger partial charge in [-0.2, -0.15) is 0 Å². The summed E-state index contributed by atoms with van der Waals surface area (Å²) in [5, 5.41) is 3.46. The highest BCUT2D eigenvalue weighted by molar-refractivity contribution is 5.33. The van der Waals surface area contributed by atoms with Crippen LogP contribution in [0.25, 0.3) is 0 Å². The van der Waals surface area contributed by atoms with Crippen molar-refractivity contribution in [1.29, 1.82) is 0 Å². The zero-order chi connectivity index (χ0) is 14.7. The van der Waals surface area contributed by atoms with Crippen molar-refractivity contribution >= 4 is 0 Å². The predicted molar refractivity (Wildman–Crippen MR) is 82.4 cm³/mol. The van der Waals surface area contributed by atoms with Crippen LogP contribution in [-0.4, -0.2) is 22.6 Å². The van der Waals surface area contributed by atoms with Gasteiger partial charge in [0.1, 0.15) is 5.75 Å². The van der Waals surface area contributed by atoms with E-state index in [9.17, 15) is 0 Å². The van der Waals surface area contributed by atoms with Gasteiger partial charge >= 0.3 is 0 Å². The molecule has 1 saturated carbocycles. The molecule has 1 atom stereocenters. The number of hydrogen-bond acceptors (Lipinski definition) is 4. The third-order valence-electron chi connectivity index (χ3n) is 3.55. The van der Waals surface area contributed by atoms with Crippen LogP contribution < -0.4 is 10.1 Å². The van der Waals surface area contributed by atoms with Crippen LogP contribution in [0.1, 0.15) is 42.8 Å². The number of aryl methyl sites for hydroxylation is 1. The Morgan fingerprint density at radius 3 is 2.52 bits per heavy atom. The highest BCUT2D eigenvalue weighted by atomic mass is 16.5. The second-order valence-electron chi connectivity index (χ2n) is 5.46. The van der Waals surface area contributed by atoms with Gasteiger partial charge in [0.25, 0.3) is 0 Å². The van der Waals surface area contributed by atoms with Crippen LogP contribution in [0.4, 0.5) is 0 Å². The maximum absolute atomic E-state index is 5.79. The SMILES string of the molecule is CCNC(c1ccc(OC2CC2)cc1)c1cnc(C)cn1. The van der Waals surface area contributed by atoms with Gasteiger partial charge in [-0.15, -0.1) is 0 Å². The van der Waals surface area contributed by atoms with Gasteiger partial charge in [-0.25, -0.2) is 0 Å². The average molecular weight is 283 g/mol. The molecule has 1 aliphatic rings. The van der Waals surface area contributed by atoms with E-state index in [0.717, 1.165) is 23.7 Å². The minimum Gasteiger partial charge on any atom is -0.490 e. The molecule has 1 N–H and O–H groups in total. The van der Waals surface area contributed by atoms with Gasteiger partial charge in [0.15, 0.2) is 0 Å². The molecule has 0 bridgehead atoms. The molecule has 0 aliphatic heterocycles. The van der Waals surface area contributed by atoms with Crippen molar-refractivity contribution in [3.63, 3.8) is 0 Å². The number of ether oxygens (including phenoxy) is 1. The molecule has 1 aromatic carbocycles. The van der Waals surface area contributed by atoms with E-state index in [0.29, 0.717) is 6.10 Å². The monoisotopic (exact) mass is 283 g/mol. The fourth-order valence-electron chi connectivity index (χ4n) is 2.27. The van der Waals surface area contributed by atoms with Gasteiger partial charge in [0.05, 0.1) is 29.7 Å². The normalized spacial score (nSPS) is 15.7. The lowest BCUT2D eigenvalue weighted by Crippen LogP contribution is -2.23. The summed E-state index contributed by atoms with van der Waals surface area (Å²) in [6.07, 6.45) is 6.45. The Balaban J connectivity index is 1.80. The summed E-state index contributed by atoms with van der Waals surface area (Å²) in [6.45, 7) is 4.92. The van der Waals surface area contributed by atoms with Crippen LogP contribution in [-0.2, 0) is 0 Å². The third kappa shape index (κ3) is 3.58. The molecule has 2 aromatic rings. The van der Waals surface area contributed by atoms with Gasteiger partial charge in [-0.1, -0.05) is 19.1 Å². The first-order valence-corrected chi connectivity index (χ1v) is 7.55. The quantitative estimate of drug-likeness (QED) is 0.885. The maximum atomic E-state index is 5.79. The molecule has 1 heterocycles. The van der Waals surface area contributed by atoms with E-state index in [2.05, 4.69) is 34.3 Å². The highest BCUT2D eigenvalue weighted by Gasteiger charge is 2.23. The zero-order valence-electron chi connectivity index (χ0n) is 12.5. The second-order valence-corrected chi connectivity index (χ2v) is 5.46. The third-order valence-corrected chi connectivity index (χ3v) is 3.55. The van der Waals surface area contributed by atoms with Crippen LogP contribution in [0, 0.1) is 6.92 Å². The fourth-order valence-corrected chi connectivity index (χ4v) is 2.27. The van der Waals surface area contributed by atoms with Crippen molar-refractivity contribution in [2.24, 2.45) is 0 Å². The van der Waals surface area contributed by atoms with E-state index in [-0.39, 0.29) is 6.04 Å². The number of aromatic nitrogens is 2. The van der Waals surface area contributed by atoms with Crippen LogP contribution in [0.2, 0.25) is 0 Å². The van der Waals surface area contributed by atoms with Gasteiger partial charge in [-0.05, 0) is 44.0 Å². The molecule has 0 saturated heterocycles. The molecule has 110 valence electrons. The summed E-state index contributed by atoms with van der Waals surface area (Å²) in [5.41, 5.74) is 3.05. The van der Waals surface area contributed by atoms with Gasteiger partial charge in [0.2, 0.25) is 0 Å². The lowest BCUT2D eigenvalue weighted by Gasteiger charge is -2.18. The maximum Gasteiger partial charge on any atom is 0.119 e. The molecule has 0 amide bonds. The van der Waals surface area contributed by atoms with Crippen molar-refractivity contribution in [3.8, 4) is 5.75 Å². The molecule has 4 nitrogen and oxygen atoms in total. The minimum absolute atomic E-state index is 0.0677. The van der Waals surface area contributed by atoms with Crippen LogP contribution >= 0.6 is 0 Å². The molecule has 1 unspecified atom stereocenters. The predicted octanol–water partition coefficient (Wildman–Crippen LogP) is 3.03. The van der Waals surface area contributed by atoms with Crippen LogP contribution in [0.15, 0.2) is 36.7 Å². The Bertz CT molecular complexity index is 576. The number of nitrogens with zero attached hydrogens (tertiary/aromatic N) is 2. The lowest BCUT2D eigenvalue weighted by atomic mass is 10.0. The van der Waals surface area contributed by atoms with Crippen LogP contribution in [0.5, 0.6) is 5.75 Å². The van der Waals surface area contributed by atoms with Crippen molar-refractivity contribution in [3.05, 3.63) is 53.6 Å². The summed E-state index contributed by atoms with van der Waals surface area (Å²) in [7, 11) is 0. The molecule has 1 fully saturated rings. The van der Waals surface area contributed by atoms with E-state index in [1.165, 1.54) is 18.4 Å². The molecular formula is C17H21N3O. The van der Waals surface area contributed by atoms with E-state index in [1.54, 1.807) is 0 Å². The molecule has 1 aromatic heterocycles. The van der Waals surface area contributed by atoms with Crippen molar-refractivity contribution < 1.29 is 4.74 Å². The van der Waals surface area contributed by atoms with E-state index >= 15 is 0 Å². The van der Waals surface area contributed by atoms with Crippen molar-refractivity contribution in [2.45, 2.75) is 38.8 Å². The zero-order valence-corrected chi connectivity index (χ0v) is 12.5. The lowest BCUT2D eigenvalue weighted by molar-refractivity contribution is 0.303. The first-order chi connectivity index (χ1) is 10.3. The van der Waals surface area contributed by atoms with Crippen molar-refractivity contribution in [1.82, 2.24) is 15.3 Å². The average Bonchev–Trinajstić information content (AvgIpc) is 3.31. The minimum atomic E-state index is 0.0677. The van der Waals surface area contributed by atoms with Gasteiger partial charge in [-0.3, -0.25) is 9.97 Å². The first-order valence-electron chi connectivity index (χ1n) is 7.55. The Hall–Kier alpha value is -1.94. The topological polar surface area (TPSA) is 47.0 Å². The largest absolute Gasteiger partial charge is 0.490 e. The Morgan fingerprint density at radius 2 is 1.95 bits per heavy atom. The number of hydrogen-bond donors (Lipinski definition) is 1. The van der Waals surface area contributed by atoms with Gasteiger partial charge < -0.3 is 10.1 Å². The number of rotatable bonds is 6. The highest BCUT2D eigenvalue weighted by Crippen LogP contribution is 2.28. The summed E-state index contributed by atoms with van der Waals surface area (Å²) in [6, 6.07) is 8.36. The number of benzene rings is 1. The van der Waals surface area contributed by atoms with Crippen LogP contribution in [0.3, 0.4) is 0 Å². The fraction of sp³-hybridized carbons (Fsp3) is 0.412. The molecule has 4 heteroatoms. The molecule has 0 spiro atoms. The van der Waals surface area contributed by atoms with E-state index in [4.69, 9.17) is 4.74 Å².